The highest BCUT2D eigenvalue weighted by Crippen LogP contribution is 2.28. The minimum atomic E-state index is -0.380. The van der Waals surface area contributed by atoms with Crippen molar-refractivity contribution in [2.75, 3.05) is 26.0 Å². The maximum absolute atomic E-state index is 12.6. The lowest BCUT2D eigenvalue weighted by Gasteiger charge is -2.16. The van der Waals surface area contributed by atoms with Crippen LogP contribution in [0.15, 0.2) is 47.8 Å². The number of carbonyl (C=O) groups excluding carboxylic acids is 2. The molecule has 0 radical (unpaired) electrons. The van der Waals surface area contributed by atoms with E-state index in [-0.39, 0.29) is 24.1 Å². The molecule has 1 heterocycles. The number of likely N-dealkylation sites (N-methyl/N-ethyl adjacent to an activating group) is 1. The second kappa shape index (κ2) is 9.26. The third-order valence-corrected chi connectivity index (χ3v) is 5.36. The number of ether oxygens (including phenoxy) is 1. The Morgan fingerprint density at radius 1 is 1.14 bits per heavy atom. The normalized spacial score (nSPS) is 10.5. The summed E-state index contributed by atoms with van der Waals surface area (Å²) in [6.45, 7) is -0.150. The van der Waals surface area contributed by atoms with Crippen molar-refractivity contribution >= 4 is 52.0 Å². The zero-order chi connectivity index (χ0) is 21.0. The molecule has 0 saturated carbocycles. The topological polar surface area (TPSA) is 71.5 Å². The van der Waals surface area contributed by atoms with Crippen LogP contribution in [0.1, 0.15) is 10.5 Å². The van der Waals surface area contributed by atoms with E-state index < -0.39 is 0 Å². The van der Waals surface area contributed by atoms with Crippen molar-refractivity contribution in [3.63, 3.8) is 0 Å². The smallest absolute Gasteiger partial charge is 0.273 e. The molecule has 0 atom stereocenters. The maximum atomic E-state index is 12.6. The lowest BCUT2D eigenvalue weighted by molar-refractivity contribution is -0.116. The first-order valence-corrected chi connectivity index (χ1v) is 10.1. The van der Waals surface area contributed by atoms with Gasteiger partial charge in [-0.3, -0.25) is 9.59 Å². The number of hydrogen-bond acceptors (Lipinski definition) is 5. The van der Waals surface area contributed by atoms with Crippen LogP contribution in [0, 0.1) is 0 Å². The number of thiazole rings is 1. The van der Waals surface area contributed by atoms with Crippen LogP contribution in [-0.2, 0) is 4.79 Å². The number of nitrogens with zero attached hydrogens (tertiary/aromatic N) is 2. The zero-order valence-corrected chi connectivity index (χ0v) is 17.9. The molecule has 3 rings (SSSR count). The lowest BCUT2D eigenvalue weighted by atomic mass is 10.2. The first-order valence-electron chi connectivity index (χ1n) is 8.47. The second-order valence-electron chi connectivity index (χ2n) is 6.10. The standard InChI is InChI=1S/C20H17Cl2N3O3S/c1-25(10-18(26)23-15-9-14(22)7-8-17(15)28-2)20(27)16-11-29-19(24-16)12-3-5-13(21)6-4-12/h3-9,11H,10H2,1-2H3,(H,23,26). The van der Waals surface area contributed by atoms with E-state index in [1.165, 1.54) is 23.3 Å². The summed E-state index contributed by atoms with van der Waals surface area (Å²) >= 11 is 13.2. The quantitative estimate of drug-likeness (QED) is 0.584. The summed E-state index contributed by atoms with van der Waals surface area (Å²) in [5.74, 6) is -0.256. The predicted molar refractivity (Wildman–Crippen MR) is 116 cm³/mol. The van der Waals surface area contributed by atoms with E-state index in [1.54, 1.807) is 42.8 Å². The molecule has 1 aromatic heterocycles. The van der Waals surface area contributed by atoms with Crippen LogP contribution in [0.4, 0.5) is 5.69 Å². The number of carbonyl (C=O) groups is 2. The molecule has 2 aromatic carbocycles. The Morgan fingerprint density at radius 2 is 1.83 bits per heavy atom. The van der Waals surface area contributed by atoms with E-state index in [4.69, 9.17) is 27.9 Å². The molecular formula is C20H17Cl2N3O3S. The molecule has 1 N–H and O–H groups in total. The number of benzene rings is 2. The Hall–Kier alpha value is -2.61. The molecule has 3 aromatic rings. The Kier molecular flexibility index (Phi) is 6.74. The average Bonchev–Trinajstić information content (AvgIpc) is 3.18. The van der Waals surface area contributed by atoms with Gasteiger partial charge in [-0.2, -0.15) is 0 Å². The van der Waals surface area contributed by atoms with Crippen molar-refractivity contribution in [3.8, 4) is 16.3 Å². The van der Waals surface area contributed by atoms with Crippen LogP contribution in [0.2, 0.25) is 10.0 Å². The number of anilines is 1. The highest BCUT2D eigenvalue weighted by Gasteiger charge is 2.19. The SMILES string of the molecule is COc1ccc(Cl)cc1NC(=O)CN(C)C(=O)c1csc(-c2ccc(Cl)cc2)n1. The third kappa shape index (κ3) is 5.26. The lowest BCUT2D eigenvalue weighted by Crippen LogP contribution is -2.35. The molecule has 0 bridgehead atoms. The molecule has 0 saturated heterocycles. The van der Waals surface area contributed by atoms with Gasteiger partial charge in [0.05, 0.1) is 19.3 Å². The van der Waals surface area contributed by atoms with Crippen molar-refractivity contribution in [1.82, 2.24) is 9.88 Å². The van der Waals surface area contributed by atoms with E-state index in [0.29, 0.717) is 26.5 Å². The van der Waals surface area contributed by atoms with E-state index >= 15 is 0 Å². The van der Waals surface area contributed by atoms with Crippen LogP contribution in [-0.4, -0.2) is 42.4 Å². The molecule has 0 fully saturated rings. The van der Waals surface area contributed by atoms with Gasteiger partial charge in [-0.05, 0) is 30.3 Å². The molecule has 6 nitrogen and oxygen atoms in total. The van der Waals surface area contributed by atoms with Crippen molar-refractivity contribution in [1.29, 1.82) is 0 Å². The average molecular weight is 450 g/mol. The Balaban J connectivity index is 1.65. The summed E-state index contributed by atoms with van der Waals surface area (Å²) in [6, 6.07) is 12.1. The monoisotopic (exact) mass is 449 g/mol. The molecule has 9 heteroatoms. The van der Waals surface area contributed by atoms with Crippen LogP contribution >= 0.6 is 34.5 Å². The largest absolute Gasteiger partial charge is 0.495 e. The summed E-state index contributed by atoms with van der Waals surface area (Å²) < 4.78 is 5.20. The summed E-state index contributed by atoms with van der Waals surface area (Å²) in [7, 11) is 3.04. The van der Waals surface area contributed by atoms with Gasteiger partial charge in [-0.1, -0.05) is 35.3 Å². The molecule has 0 spiro atoms. The van der Waals surface area contributed by atoms with Crippen molar-refractivity contribution in [2.24, 2.45) is 0 Å². The fourth-order valence-corrected chi connectivity index (χ4v) is 3.65. The first kappa shape index (κ1) is 21.1. The Bertz CT molecular complexity index is 1040. The number of nitrogens with one attached hydrogen (secondary N) is 1. The third-order valence-electron chi connectivity index (χ3n) is 3.98. The number of aromatic nitrogens is 1. The number of rotatable bonds is 6. The number of halogens is 2. The Labute approximate surface area is 182 Å². The van der Waals surface area contributed by atoms with Gasteiger partial charge in [0.15, 0.2) is 0 Å². The number of methoxy groups -OCH3 is 1. The van der Waals surface area contributed by atoms with E-state index in [9.17, 15) is 9.59 Å². The Morgan fingerprint density at radius 3 is 2.52 bits per heavy atom. The van der Waals surface area contributed by atoms with Crippen LogP contribution in [0.25, 0.3) is 10.6 Å². The fourth-order valence-electron chi connectivity index (χ4n) is 2.55. The summed E-state index contributed by atoms with van der Waals surface area (Å²) in [5.41, 5.74) is 1.58. The van der Waals surface area contributed by atoms with Crippen LogP contribution < -0.4 is 10.1 Å². The van der Waals surface area contributed by atoms with Gasteiger partial charge in [-0.25, -0.2) is 4.98 Å². The summed E-state index contributed by atoms with van der Waals surface area (Å²) in [5, 5.41) is 6.16. The van der Waals surface area contributed by atoms with Crippen molar-refractivity contribution < 1.29 is 14.3 Å². The van der Waals surface area contributed by atoms with Crippen molar-refractivity contribution in [2.45, 2.75) is 0 Å². The highest BCUT2D eigenvalue weighted by molar-refractivity contribution is 7.13. The van der Waals surface area contributed by atoms with Gasteiger partial charge in [0.2, 0.25) is 5.91 Å². The van der Waals surface area contributed by atoms with Crippen LogP contribution in [0.5, 0.6) is 5.75 Å². The van der Waals surface area contributed by atoms with E-state index in [2.05, 4.69) is 10.3 Å². The van der Waals surface area contributed by atoms with Gasteiger partial charge in [-0.15, -0.1) is 11.3 Å². The highest BCUT2D eigenvalue weighted by atomic mass is 35.5. The molecule has 2 amide bonds. The first-order chi connectivity index (χ1) is 13.9. The molecule has 150 valence electrons. The van der Waals surface area contributed by atoms with E-state index in [0.717, 1.165) is 5.56 Å². The predicted octanol–water partition coefficient (Wildman–Crippen LogP) is 4.84. The molecule has 0 aliphatic heterocycles. The molecular weight excluding hydrogens is 433 g/mol. The molecule has 0 aliphatic carbocycles. The minimum absolute atomic E-state index is 0.150. The van der Waals surface area contributed by atoms with Crippen LogP contribution in [0.3, 0.4) is 0 Å². The number of amides is 2. The van der Waals surface area contributed by atoms with Gasteiger partial charge >= 0.3 is 0 Å². The minimum Gasteiger partial charge on any atom is -0.495 e. The molecule has 29 heavy (non-hydrogen) atoms. The van der Waals surface area contributed by atoms with Gasteiger partial charge < -0.3 is 15.0 Å². The number of hydrogen-bond donors (Lipinski definition) is 1. The van der Waals surface area contributed by atoms with Gasteiger partial charge in [0.25, 0.3) is 5.91 Å². The second-order valence-corrected chi connectivity index (χ2v) is 7.83. The maximum Gasteiger partial charge on any atom is 0.273 e. The fraction of sp³-hybridized carbons (Fsp3) is 0.150. The van der Waals surface area contributed by atoms with Gasteiger partial charge in [0.1, 0.15) is 16.5 Å². The molecule has 0 unspecified atom stereocenters. The van der Waals surface area contributed by atoms with Crippen molar-refractivity contribution in [3.05, 3.63) is 63.6 Å². The zero-order valence-electron chi connectivity index (χ0n) is 15.6. The van der Waals surface area contributed by atoms with E-state index in [1.807, 2.05) is 12.1 Å². The van der Waals surface area contributed by atoms with Gasteiger partial charge in [0, 0.05) is 28.0 Å². The molecule has 0 aliphatic rings. The summed E-state index contributed by atoms with van der Waals surface area (Å²) in [4.78, 5) is 30.7. The summed E-state index contributed by atoms with van der Waals surface area (Å²) in [6.07, 6.45) is 0.